The molecule has 0 aliphatic carbocycles. The second-order valence-corrected chi connectivity index (χ2v) is 6.88. The van der Waals surface area contributed by atoms with Gasteiger partial charge in [-0.25, -0.2) is 0 Å². The van der Waals surface area contributed by atoms with Gasteiger partial charge in [0.25, 0.3) is 0 Å². The third kappa shape index (κ3) is 4.34. The van der Waals surface area contributed by atoms with Crippen LogP contribution in [-0.4, -0.2) is 23.6 Å². The van der Waals surface area contributed by atoms with E-state index in [-0.39, 0.29) is 5.91 Å². The summed E-state index contributed by atoms with van der Waals surface area (Å²) in [4.78, 5) is 12.0. The molecule has 4 rings (SSSR count). The molecule has 1 heterocycles. The molecule has 142 valence electrons. The molecule has 1 amide bonds. The number of para-hydroxylation sites is 1. The number of carbonyl (C=O) groups excluding carboxylic acids is 1. The van der Waals surface area contributed by atoms with E-state index in [1.165, 1.54) is 16.3 Å². The highest BCUT2D eigenvalue weighted by atomic mass is 16.5. The number of aromatic nitrogens is 1. The van der Waals surface area contributed by atoms with Gasteiger partial charge in [0.15, 0.2) is 0 Å². The molecule has 0 atom stereocenters. The van der Waals surface area contributed by atoms with Gasteiger partial charge in [-0.2, -0.15) is 0 Å². The first-order valence-corrected chi connectivity index (χ1v) is 9.72. The van der Waals surface area contributed by atoms with E-state index < -0.39 is 0 Å². The van der Waals surface area contributed by atoms with Crippen LogP contribution in [0.1, 0.15) is 12.8 Å². The van der Waals surface area contributed by atoms with Gasteiger partial charge in [-0.1, -0.05) is 48.5 Å². The number of hydrogen-bond acceptors (Lipinski definition) is 2. The van der Waals surface area contributed by atoms with Crippen LogP contribution in [0.2, 0.25) is 0 Å². The first kappa shape index (κ1) is 18.1. The molecular weight excluding hydrogens is 348 g/mol. The number of nitrogens with zero attached hydrogens (tertiary/aromatic N) is 1. The lowest BCUT2D eigenvalue weighted by Gasteiger charge is -2.09. The summed E-state index contributed by atoms with van der Waals surface area (Å²) < 4.78 is 7.96. The Morgan fingerprint density at radius 1 is 0.893 bits per heavy atom. The van der Waals surface area contributed by atoms with Crippen molar-refractivity contribution in [2.24, 2.45) is 0 Å². The molecule has 0 aliphatic heterocycles. The van der Waals surface area contributed by atoms with Crippen LogP contribution in [0, 0.1) is 0 Å². The molecule has 0 bridgehead atoms. The quantitative estimate of drug-likeness (QED) is 0.453. The molecule has 0 fully saturated rings. The van der Waals surface area contributed by atoms with Crippen molar-refractivity contribution in [1.29, 1.82) is 0 Å². The lowest BCUT2D eigenvalue weighted by molar-refractivity contribution is -0.121. The zero-order chi connectivity index (χ0) is 19.2. The van der Waals surface area contributed by atoms with Crippen LogP contribution in [0.5, 0.6) is 5.75 Å². The predicted octanol–water partition coefficient (Wildman–Crippen LogP) is 4.77. The van der Waals surface area contributed by atoms with E-state index in [2.05, 4.69) is 52.5 Å². The topological polar surface area (TPSA) is 43.3 Å². The third-order valence-corrected chi connectivity index (χ3v) is 4.89. The monoisotopic (exact) mass is 372 g/mol. The van der Waals surface area contributed by atoms with Crippen LogP contribution in [0.3, 0.4) is 0 Å². The smallest absolute Gasteiger partial charge is 0.220 e. The number of hydrogen-bond donors (Lipinski definition) is 1. The van der Waals surface area contributed by atoms with Crippen molar-refractivity contribution in [2.45, 2.75) is 19.4 Å². The lowest BCUT2D eigenvalue weighted by atomic mass is 10.1. The van der Waals surface area contributed by atoms with Crippen LogP contribution in [0.25, 0.3) is 21.7 Å². The Bertz CT molecular complexity index is 1080. The number of benzene rings is 3. The largest absolute Gasteiger partial charge is 0.494 e. The van der Waals surface area contributed by atoms with Crippen molar-refractivity contribution in [3.05, 3.63) is 79.0 Å². The van der Waals surface area contributed by atoms with Gasteiger partial charge in [0, 0.05) is 31.2 Å². The van der Waals surface area contributed by atoms with Crippen LogP contribution in [-0.2, 0) is 11.3 Å². The second kappa shape index (κ2) is 8.61. The zero-order valence-corrected chi connectivity index (χ0v) is 15.8. The maximum absolute atomic E-state index is 12.0. The molecule has 0 saturated carbocycles. The molecule has 0 unspecified atom stereocenters. The molecule has 3 aromatic carbocycles. The maximum Gasteiger partial charge on any atom is 0.220 e. The van der Waals surface area contributed by atoms with Crippen molar-refractivity contribution >= 4 is 27.6 Å². The SMILES string of the molecule is O=C(CCCOc1ccc2ccccc2c1)NCCn1ccc2ccccc21. The van der Waals surface area contributed by atoms with Gasteiger partial charge in [-0.3, -0.25) is 4.79 Å². The van der Waals surface area contributed by atoms with Crippen LogP contribution in [0.15, 0.2) is 79.0 Å². The minimum absolute atomic E-state index is 0.0681. The number of carbonyl (C=O) groups is 1. The van der Waals surface area contributed by atoms with Crippen molar-refractivity contribution in [3.8, 4) is 5.75 Å². The first-order chi connectivity index (χ1) is 13.8. The van der Waals surface area contributed by atoms with E-state index in [1.54, 1.807) is 0 Å². The Morgan fingerprint density at radius 2 is 1.68 bits per heavy atom. The van der Waals surface area contributed by atoms with Crippen molar-refractivity contribution in [2.75, 3.05) is 13.2 Å². The second-order valence-electron chi connectivity index (χ2n) is 6.88. The highest BCUT2D eigenvalue weighted by Gasteiger charge is 2.04. The summed E-state index contributed by atoms with van der Waals surface area (Å²) in [6, 6.07) is 24.6. The fraction of sp³-hybridized carbons (Fsp3) is 0.208. The number of nitrogens with one attached hydrogen (secondary N) is 1. The van der Waals surface area contributed by atoms with Gasteiger partial charge in [0.05, 0.1) is 6.61 Å². The van der Waals surface area contributed by atoms with Gasteiger partial charge < -0.3 is 14.6 Å². The maximum atomic E-state index is 12.0. The minimum Gasteiger partial charge on any atom is -0.494 e. The number of fused-ring (bicyclic) bond motifs is 2. The molecule has 4 nitrogen and oxygen atoms in total. The van der Waals surface area contributed by atoms with E-state index in [9.17, 15) is 4.79 Å². The Hall–Kier alpha value is -3.27. The van der Waals surface area contributed by atoms with Crippen LogP contribution in [0.4, 0.5) is 0 Å². The molecule has 0 radical (unpaired) electrons. The van der Waals surface area contributed by atoms with E-state index in [0.717, 1.165) is 17.7 Å². The summed E-state index contributed by atoms with van der Waals surface area (Å²) in [5.74, 6) is 0.914. The Morgan fingerprint density at radius 3 is 2.57 bits per heavy atom. The molecule has 0 aliphatic rings. The number of rotatable bonds is 8. The summed E-state index contributed by atoms with van der Waals surface area (Å²) >= 11 is 0. The summed E-state index contributed by atoms with van der Waals surface area (Å²) in [6.45, 7) is 1.93. The van der Waals surface area contributed by atoms with Gasteiger partial charge in [0.2, 0.25) is 5.91 Å². The minimum atomic E-state index is 0.0681. The van der Waals surface area contributed by atoms with Gasteiger partial charge >= 0.3 is 0 Å². The van der Waals surface area contributed by atoms with Gasteiger partial charge in [-0.05, 0) is 46.8 Å². The highest BCUT2D eigenvalue weighted by molar-refractivity contribution is 5.83. The Labute approximate surface area is 164 Å². The van der Waals surface area contributed by atoms with Crippen LogP contribution >= 0.6 is 0 Å². The third-order valence-electron chi connectivity index (χ3n) is 4.89. The molecule has 4 aromatic rings. The molecule has 1 aromatic heterocycles. The summed E-state index contributed by atoms with van der Waals surface area (Å²) in [7, 11) is 0. The Balaban J connectivity index is 1.17. The Kier molecular flexibility index (Phi) is 5.57. The summed E-state index contributed by atoms with van der Waals surface area (Å²) in [5, 5.41) is 6.58. The lowest BCUT2D eigenvalue weighted by Crippen LogP contribution is -2.27. The van der Waals surface area contributed by atoms with Crippen molar-refractivity contribution in [3.63, 3.8) is 0 Å². The molecule has 0 saturated heterocycles. The first-order valence-electron chi connectivity index (χ1n) is 9.72. The highest BCUT2D eigenvalue weighted by Crippen LogP contribution is 2.20. The van der Waals surface area contributed by atoms with Crippen LogP contribution < -0.4 is 10.1 Å². The standard InChI is InChI=1S/C24H24N2O2/c27-24(25-14-16-26-15-13-20-7-3-4-9-23(20)26)10-5-17-28-22-12-11-19-6-1-2-8-21(19)18-22/h1-4,6-9,11-13,15,18H,5,10,14,16-17H2,(H,25,27). The number of ether oxygens (including phenoxy) is 1. The zero-order valence-electron chi connectivity index (χ0n) is 15.8. The summed E-state index contributed by atoms with van der Waals surface area (Å²) in [6.07, 6.45) is 3.24. The number of amides is 1. The average Bonchev–Trinajstić information content (AvgIpc) is 3.14. The fourth-order valence-corrected chi connectivity index (χ4v) is 3.42. The van der Waals surface area contributed by atoms with E-state index >= 15 is 0 Å². The molecular formula is C24H24N2O2. The van der Waals surface area contributed by atoms with E-state index in [0.29, 0.717) is 26.0 Å². The van der Waals surface area contributed by atoms with Gasteiger partial charge in [-0.15, -0.1) is 0 Å². The van der Waals surface area contributed by atoms with Gasteiger partial charge in [0.1, 0.15) is 5.75 Å². The molecule has 28 heavy (non-hydrogen) atoms. The molecule has 1 N–H and O–H groups in total. The van der Waals surface area contributed by atoms with Crippen molar-refractivity contribution < 1.29 is 9.53 Å². The summed E-state index contributed by atoms with van der Waals surface area (Å²) in [5.41, 5.74) is 1.19. The van der Waals surface area contributed by atoms with E-state index in [4.69, 9.17) is 4.74 Å². The average molecular weight is 372 g/mol. The predicted molar refractivity (Wildman–Crippen MR) is 114 cm³/mol. The molecule has 0 spiro atoms. The fourth-order valence-electron chi connectivity index (χ4n) is 3.42. The molecule has 4 heteroatoms. The van der Waals surface area contributed by atoms with Crippen molar-refractivity contribution in [1.82, 2.24) is 9.88 Å². The van der Waals surface area contributed by atoms with E-state index in [1.807, 2.05) is 36.4 Å². The normalized spacial score (nSPS) is 11.0.